The first-order chi connectivity index (χ1) is 15.1. The fourth-order valence-electron chi connectivity index (χ4n) is 3.63. The third-order valence-corrected chi connectivity index (χ3v) is 8.21. The normalized spacial score (nSPS) is 21.6. The molecule has 2 fully saturated rings. The van der Waals surface area contributed by atoms with Gasteiger partial charge in [-0.05, 0) is 37.1 Å². The highest BCUT2D eigenvalue weighted by molar-refractivity contribution is 7.92. The van der Waals surface area contributed by atoms with E-state index in [0.29, 0.717) is 18.5 Å². The van der Waals surface area contributed by atoms with Crippen LogP contribution in [0.15, 0.2) is 41.6 Å². The molecule has 0 radical (unpaired) electrons. The van der Waals surface area contributed by atoms with E-state index in [9.17, 15) is 18.0 Å². The zero-order chi connectivity index (χ0) is 23.1. The van der Waals surface area contributed by atoms with Gasteiger partial charge >= 0.3 is 6.09 Å². The summed E-state index contributed by atoms with van der Waals surface area (Å²) in [5.74, 6) is -0.429. The Bertz CT molecular complexity index is 1200. The van der Waals surface area contributed by atoms with E-state index in [1.165, 1.54) is 24.0 Å². The van der Waals surface area contributed by atoms with E-state index in [0.717, 1.165) is 0 Å². The molecule has 1 aliphatic heterocycles. The van der Waals surface area contributed by atoms with Crippen molar-refractivity contribution in [3.8, 4) is 11.8 Å². The minimum atomic E-state index is -3.94. The van der Waals surface area contributed by atoms with Gasteiger partial charge in [-0.2, -0.15) is 10.4 Å². The van der Waals surface area contributed by atoms with Gasteiger partial charge < -0.3 is 15.0 Å². The Hall–Kier alpha value is -3.10. The largest absolute Gasteiger partial charge is 0.425 e. The molecule has 0 unspecified atom stereocenters. The van der Waals surface area contributed by atoms with Crippen LogP contribution in [0.3, 0.4) is 0 Å². The van der Waals surface area contributed by atoms with Crippen molar-refractivity contribution in [2.75, 3.05) is 6.54 Å². The number of aromatic nitrogens is 2. The summed E-state index contributed by atoms with van der Waals surface area (Å²) in [5, 5.41) is 14.7. The second kappa shape index (κ2) is 8.11. The number of halogens is 1. The van der Waals surface area contributed by atoms with E-state index in [1.807, 2.05) is 6.07 Å². The Morgan fingerprint density at radius 1 is 1.38 bits per heavy atom. The Labute approximate surface area is 189 Å². The van der Waals surface area contributed by atoms with E-state index >= 15 is 0 Å². The lowest BCUT2D eigenvalue weighted by Crippen LogP contribution is -2.42. The minimum Gasteiger partial charge on any atom is -0.425 e. The molecule has 1 N–H and O–H groups in total. The number of hydrogen-bond acceptors (Lipinski definition) is 7. The first-order valence-corrected chi connectivity index (χ1v) is 11.8. The van der Waals surface area contributed by atoms with E-state index in [-0.39, 0.29) is 22.9 Å². The van der Waals surface area contributed by atoms with Crippen LogP contribution in [0.1, 0.15) is 26.2 Å². The number of sulfone groups is 1. The van der Waals surface area contributed by atoms with Crippen LogP contribution in [0.2, 0.25) is 5.02 Å². The average molecular weight is 478 g/mol. The number of carbonyl (C=O) groups is 2. The van der Waals surface area contributed by atoms with Crippen LogP contribution in [0.25, 0.3) is 5.69 Å². The topological polar surface area (TPSA) is 134 Å². The van der Waals surface area contributed by atoms with E-state index in [4.69, 9.17) is 21.6 Å². The molecule has 1 aromatic carbocycles. The Balaban J connectivity index is 1.53. The van der Waals surface area contributed by atoms with Crippen LogP contribution in [-0.2, 0) is 19.4 Å². The highest BCUT2D eigenvalue weighted by Crippen LogP contribution is 2.36. The molecule has 4 rings (SSSR count). The van der Waals surface area contributed by atoms with Gasteiger partial charge in [0.15, 0.2) is 16.1 Å². The van der Waals surface area contributed by atoms with Gasteiger partial charge in [0.1, 0.15) is 5.54 Å². The number of nitriles is 1. The number of benzene rings is 1. The van der Waals surface area contributed by atoms with Crippen LogP contribution < -0.4 is 5.32 Å². The highest BCUT2D eigenvalue weighted by Gasteiger charge is 2.47. The lowest BCUT2D eigenvalue weighted by molar-refractivity contribution is -0.135. The zero-order valence-corrected chi connectivity index (χ0v) is 18.6. The minimum absolute atomic E-state index is 0.0270. The highest BCUT2D eigenvalue weighted by atomic mass is 35.5. The number of rotatable bonds is 5. The lowest BCUT2D eigenvalue weighted by Gasteiger charge is -2.23. The van der Waals surface area contributed by atoms with Gasteiger partial charge in [-0.3, -0.25) is 4.79 Å². The molecule has 1 aromatic heterocycles. The first kappa shape index (κ1) is 22.1. The van der Waals surface area contributed by atoms with Crippen molar-refractivity contribution >= 4 is 33.4 Å². The Kier molecular flexibility index (Phi) is 5.60. The second-order valence-corrected chi connectivity index (χ2v) is 10.4. The van der Waals surface area contributed by atoms with E-state index in [2.05, 4.69) is 10.4 Å². The van der Waals surface area contributed by atoms with Gasteiger partial charge in [0, 0.05) is 32.3 Å². The molecule has 2 heterocycles. The molecule has 0 spiro atoms. The van der Waals surface area contributed by atoms with Gasteiger partial charge in [-0.1, -0.05) is 11.6 Å². The molecule has 2 aliphatic rings. The summed E-state index contributed by atoms with van der Waals surface area (Å²) in [7, 11) is -3.94. The number of hydrogen-bond donors (Lipinski definition) is 1. The molecular weight excluding hydrogens is 458 g/mol. The Morgan fingerprint density at radius 2 is 2.12 bits per heavy atom. The van der Waals surface area contributed by atoms with Gasteiger partial charge in [0.2, 0.25) is 5.91 Å². The van der Waals surface area contributed by atoms with Crippen molar-refractivity contribution in [2.45, 2.75) is 48.1 Å². The molecule has 2 amide bonds. The van der Waals surface area contributed by atoms with Crippen LogP contribution >= 0.6 is 11.6 Å². The molecular formula is C20H20ClN5O5S. The van der Waals surface area contributed by atoms with Crippen molar-refractivity contribution in [3.63, 3.8) is 0 Å². The average Bonchev–Trinajstić information content (AvgIpc) is 3.14. The molecule has 168 valence electrons. The fourth-order valence-corrected chi connectivity index (χ4v) is 5.85. The standard InChI is InChI=1S/C20H20ClN5O5S/c1-13(27)25-11-15(10-18(25)31-19(28)24-20(12-22)5-6-20)32(29,30)17-4-3-14(9-16(17)21)26-8-2-7-23-26/h2-4,7-9,15,18H,5-6,10-11H2,1H3,(H,24,28)/t15-,18+/m1/s1. The molecule has 10 nitrogen and oxygen atoms in total. The van der Waals surface area contributed by atoms with Crippen LogP contribution in [0.4, 0.5) is 4.79 Å². The predicted molar refractivity (Wildman–Crippen MR) is 113 cm³/mol. The van der Waals surface area contributed by atoms with Crippen LogP contribution in [-0.4, -0.2) is 58.7 Å². The summed E-state index contributed by atoms with van der Waals surface area (Å²) in [4.78, 5) is 25.4. The molecule has 32 heavy (non-hydrogen) atoms. The first-order valence-electron chi connectivity index (χ1n) is 9.86. The number of amides is 2. The van der Waals surface area contributed by atoms with Crippen molar-refractivity contribution < 1.29 is 22.7 Å². The third kappa shape index (κ3) is 4.16. The summed E-state index contributed by atoms with van der Waals surface area (Å²) in [6, 6.07) is 8.22. The second-order valence-electron chi connectivity index (χ2n) is 7.82. The van der Waals surface area contributed by atoms with Crippen molar-refractivity contribution in [1.82, 2.24) is 20.0 Å². The number of carbonyl (C=O) groups excluding carboxylic acids is 2. The Morgan fingerprint density at radius 3 is 2.69 bits per heavy atom. The summed E-state index contributed by atoms with van der Waals surface area (Å²) >= 11 is 6.30. The smallest absolute Gasteiger partial charge is 0.410 e. The van der Waals surface area contributed by atoms with E-state index in [1.54, 1.807) is 29.2 Å². The summed E-state index contributed by atoms with van der Waals surface area (Å²) in [6.45, 7) is 1.13. The third-order valence-electron chi connectivity index (χ3n) is 5.60. The number of nitrogens with zero attached hydrogens (tertiary/aromatic N) is 4. The molecule has 2 atom stereocenters. The van der Waals surface area contributed by atoms with Crippen LogP contribution in [0.5, 0.6) is 0 Å². The number of alkyl carbamates (subject to hydrolysis) is 1. The maximum absolute atomic E-state index is 13.3. The number of likely N-dealkylation sites (tertiary alicyclic amines) is 1. The molecule has 1 saturated carbocycles. The number of nitrogens with one attached hydrogen (secondary N) is 1. The van der Waals surface area contributed by atoms with E-state index < -0.39 is 38.9 Å². The molecule has 12 heteroatoms. The van der Waals surface area contributed by atoms with Crippen molar-refractivity contribution in [2.24, 2.45) is 0 Å². The van der Waals surface area contributed by atoms with Crippen molar-refractivity contribution in [1.29, 1.82) is 5.26 Å². The summed E-state index contributed by atoms with van der Waals surface area (Å²) in [5.41, 5.74) is -0.341. The summed E-state index contributed by atoms with van der Waals surface area (Å²) in [6.07, 6.45) is 2.29. The summed E-state index contributed by atoms with van der Waals surface area (Å²) < 4.78 is 33.5. The zero-order valence-electron chi connectivity index (χ0n) is 17.1. The molecule has 1 saturated heterocycles. The number of ether oxygens (including phenoxy) is 1. The quantitative estimate of drug-likeness (QED) is 0.696. The van der Waals surface area contributed by atoms with Gasteiger partial charge in [0.05, 0.1) is 26.9 Å². The maximum atomic E-state index is 13.3. The van der Waals surface area contributed by atoms with Gasteiger partial charge in [0.25, 0.3) is 0 Å². The van der Waals surface area contributed by atoms with Gasteiger partial charge in [-0.15, -0.1) is 0 Å². The van der Waals surface area contributed by atoms with Crippen LogP contribution in [0, 0.1) is 11.3 Å². The molecule has 0 bridgehead atoms. The predicted octanol–water partition coefficient (Wildman–Crippen LogP) is 2.03. The lowest BCUT2D eigenvalue weighted by atomic mass is 10.3. The molecule has 2 aromatic rings. The van der Waals surface area contributed by atoms with Gasteiger partial charge in [-0.25, -0.2) is 17.9 Å². The molecule has 1 aliphatic carbocycles. The maximum Gasteiger partial charge on any atom is 0.410 e. The monoisotopic (exact) mass is 477 g/mol. The van der Waals surface area contributed by atoms with Crippen molar-refractivity contribution in [3.05, 3.63) is 41.7 Å². The fraction of sp³-hybridized carbons (Fsp3) is 0.400. The SMILES string of the molecule is CC(=O)N1C[C@H](S(=O)(=O)c2ccc(-n3cccn3)cc2Cl)C[C@@H]1OC(=O)NC1(C#N)CC1.